The predicted molar refractivity (Wildman–Crippen MR) is 58.3 cm³/mol. The molecule has 0 aliphatic carbocycles. The second-order valence-corrected chi connectivity index (χ2v) is 3.59. The molecule has 0 aliphatic heterocycles. The summed E-state index contributed by atoms with van der Waals surface area (Å²) in [5.74, 6) is 0.899. The summed E-state index contributed by atoms with van der Waals surface area (Å²) in [7, 11) is 1.92. The topological polar surface area (TPSA) is 68.5 Å². The number of hydrogen-bond acceptors (Lipinski definition) is 5. The molecule has 0 bridgehead atoms. The van der Waals surface area contributed by atoms with Gasteiger partial charge in [0.2, 0.25) is 0 Å². The summed E-state index contributed by atoms with van der Waals surface area (Å²) >= 11 is 0. The number of hydrogen-bond donors (Lipinski definition) is 1. The summed E-state index contributed by atoms with van der Waals surface area (Å²) in [5.41, 5.74) is 0.921. The number of aromatic nitrogens is 5. The van der Waals surface area contributed by atoms with Gasteiger partial charge >= 0.3 is 0 Å². The van der Waals surface area contributed by atoms with Gasteiger partial charge in [-0.1, -0.05) is 0 Å². The Bertz CT molecular complexity index is 438. The van der Waals surface area contributed by atoms with Gasteiger partial charge in [0.05, 0.1) is 12.2 Å². The summed E-state index contributed by atoms with van der Waals surface area (Å²) < 4.78 is 1.89. The molecule has 0 amide bonds. The third-order valence-electron chi connectivity index (χ3n) is 2.40. The zero-order valence-corrected chi connectivity index (χ0v) is 9.33. The van der Waals surface area contributed by atoms with Crippen molar-refractivity contribution in [3.05, 3.63) is 36.4 Å². The number of aryl methyl sites for hydroxylation is 1. The van der Waals surface area contributed by atoms with Crippen molar-refractivity contribution in [2.24, 2.45) is 7.05 Å². The lowest BCUT2D eigenvalue weighted by molar-refractivity contribution is 0.536. The molecule has 0 aliphatic rings. The van der Waals surface area contributed by atoms with Crippen molar-refractivity contribution in [2.45, 2.75) is 19.5 Å². The number of rotatable bonds is 4. The van der Waals surface area contributed by atoms with Gasteiger partial charge in [-0.2, -0.15) is 0 Å². The molecule has 1 unspecified atom stereocenters. The first-order valence-corrected chi connectivity index (χ1v) is 5.09. The Morgan fingerprint density at radius 1 is 1.44 bits per heavy atom. The zero-order valence-electron chi connectivity index (χ0n) is 9.33. The van der Waals surface area contributed by atoms with Crippen molar-refractivity contribution in [1.29, 1.82) is 0 Å². The van der Waals surface area contributed by atoms with E-state index in [0.717, 1.165) is 11.5 Å². The fourth-order valence-corrected chi connectivity index (χ4v) is 1.35. The molecule has 16 heavy (non-hydrogen) atoms. The molecule has 0 saturated carbocycles. The Labute approximate surface area is 93.8 Å². The standard InChI is InChI=1S/C10H14N6/c1-8(9-5-11-3-4-12-9)13-6-10-15-14-7-16(10)2/h3-5,7-8,13H,6H2,1-2H3. The first kappa shape index (κ1) is 10.7. The number of nitrogens with one attached hydrogen (secondary N) is 1. The van der Waals surface area contributed by atoms with Gasteiger partial charge in [0.15, 0.2) is 0 Å². The van der Waals surface area contributed by atoms with E-state index in [-0.39, 0.29) is 6.04 Å². The van der Waals surface area contributed by atoms with Crippen molar-refractivity contribution in [2.75, 3.05) is 0 Å². The normalized spacial score (nSPS) is 12.6. The second-order valence-electron chi connectivity index (χ2n) is 3.59. The van der Waals surface area contributed by atoms with Crippen LogP contribution in [0.5, 0.6) is 0 Å². The largest absolute Gasteiger partial charge is 0.320 e. The Morgan fingerprint density at radius 2 is 2.31 bits per heavy atom. The van der Waals surface area contributed by atoms with E-state index in [1.54, 1.807) is 24.9 Å². The van der Waals surface area contributed by atoms with E-state index in [9.17, 15) is 0 Å². The molecule has 6 nitrogen and oxygen atoms in total. The molecule has 0 radical (unpaired) electrons. The maximum Gasteiger partial charge on any atom is 0.146 e. The minimum atomic E-state index is 0.144. The van der Waals surface area contributed by atoms with Gasteiger partial charge in [-0.3, -0.25) is 9.97 Å². The molecule has 0 fully saturated rings. The molecule has 0 aromatic carbocycles. The van der Waals surface area contributed by atoms with Crippen molar-refractivity contribution in [3.63, 3.8) is 0 Å². The van der Waals surface area contributed by atoms with Crippen molar-refractivity contribution < 1.29 is 0 Å². The highest BCUT2D eigenvalue weighted by atomic mass is 15.3. The zero-order chi connectivity index (χ0) is 11.4. The minimum Gasteiger partial charge on any atom is -0.320 e. The lowest BCUT2D eigenvalue weighted by atomic mass is 10.2. The Hall–Kier alpha value is -1.82. The Kier molecular flexibility index (Phi) is 3.21. The van der Waals surface area contributed by atoms with Gasteiger partial charge in [-0.15, -0.1) is 10.2 Å². The maximum absolute atomic E-state index is 4.23. The minimum absolute atomic E-state index is 0.144. The third-order valence-corrected chi connectivity index (χ3v) is 2.40. The Balaban J connectivity index is 1.94. The maximum atomic E-state index is 4.23. The van der Waals surface area contributed by atoms with Gasteiger partial charge in [0, 0.05) is 31.7 Å². The van der Waals surface area contributed by atoms with E-state index >= 15 is 0 Å². The fraction of sp³-hybridized carbons (Fsp3) is 0.400. The molecule has 0 spiro atoms. The highest BCUT2D eigenvalue weighted by Crippen LogP contribution is 2.07. The van der Waals surface area contributed by atoms with Crippen LogP contribution in [0, 0.1) is 0 Å². The highest BCUT2D eigenvalue weighted by Gasteiger charge is 2.07. The van der Waals surface area contributed by atoms with Gasteiger partial charge in [-0.05, 0) is 6.92 Å². The Morgan fingerprint density at radius 3 is 2.94 bits per heavy atom. The predicted octanol–water partition coefficient (Wildman–Crippen LogP) is 0.456. The van der Waals surface area contributed by atoms with Crippen molar-refractivity contribution in [1.82, 2.24) is 30.0 Å². The summed E-state index contributed by atoms with van der Waals surface area (Å²) in [6.45, 7) is 2.70. The molecule has 6 heteroatoms. The van der Waals surface area contributed by atoms with Crippen molar-refractivity contribution in [3.8, 4) is 0 Å². The van der Waals surface area contributed by atoms with E-state index in [2.05, 4.69) is 25.5 Å². The van der Waals surface area contributed by atoms with E-state index in [4.69, 9.17) is 0 Å². The van der Waals surface area contributed by atoms with E-state index in [1.165, 1.54) is 0 Å². The van der Waals surface area contributed by atoms with Crippen LogP contribution in [0.4, 0.5) is 0 Å². The van der Waals surface area contributed by atoms with E-state index in [0.29, 0.717) is 6.54 Å². The highest BCUT2D eigenvalue weighted by molar-refractivity contribution is 5.01. The molecule has 0 saturated heterocycles. The third kappa shape index (κ3) is 2.40. The van der Waals surface area contributed by atoms with Gasteiger partial charge in [0.25, 0.3) is 0 Å². The van der Waals surface area contributed by atoms with Crippen molar-refractivity contribution >= 4 is 0 Å². The van der Waals surface area contributed by atoms with E-state index < -0.39 is 0 Å². The summed E-state index contributed by atoms with van der Waals surface area (Å²) in [5, 5.41) is 11.1. The lowest BCUT2D eigenvalue weighted by Gasteiger charge is -2.11. The van der Waals surface area contributed by atoms with Crippen LogP contribution in [-0.2, 0) is 13.6 Å². The summed E-state index contributed by atoms with van der Waals surface area (Å²) in [6, 6.07) is 0.144. The van der Waals surface area contributed by atoms with Crippen LogP contribution in [0.25, 0.3) is 0 Å². The molecule has 2 rings (SSSR count). The summed E-state index contributed by atoms with van der Waals surface area (Å²) in [6.07, 6.45) is 6.80. The first-order valence-electron chi connectivity index (χ1n) is 5.09. The molecule has 1 N–H and O–H groups in total. The molecule has 1 atom stereocenters. The van der Waals surface area contributed by atoms with Crippen LogP contribution in [0.3, 0.4) is 0 Å². The lowest BCUT2D eigenvalue weighted by Crippen LogP contribution is -2.21. The quantitative estimate of drug-likeness (QED) is 0.807. The van der Waals surface area contributed by atoms with Crippen LogP contribution < -0.4 is 5.32 Å². The van der Waals surface area contributed by atoms with Crippen LogP contribution >= 0.6 is 0 Å². The average Bonchev–Trinajstić information content (AvgIpc) is 2.73. The molecular weight excluding hydrogens is 204 g/mol. The molecule has 2 heterocycles. The SMILES string of the molecule is CC(NCc1nncn1C)c1cnccn1. The molecule has 2 aromatic heterocycles. The van der Waals surface area contributed by atoms with E-state index in [1.807, 2.05) is 18.5 Å². The number of nitrogens with zero attached hydrogens (tertiary/aromatic N) is 5. The summed E-state index contributed by atoms with van der Waals surface area (Å²) in [4.78, 5) is 8.27. The fourth-order valence-electron chi connectivity index (χ4n) is 1.35. The molecule has 84 valence electrons. The smallest absolute Gasteiger partial charge is 0.146 e. The monoisotopic (exact) mass is 218 g/mol. The average molecular weight is 218 g/mol. The van der Waals surface area contributed by atoms with Crippen LogP contribution in [0.15, 0.2) is 24.9 Å². The molecule has 2 aromatic rings. The van der Waals surface area contributed by atoms with Crippen LogP contribution in [0.2, 0.25) is 0 Å². The first-order chi connectivity index (χ1) is 7.77. The van der Waals surface area contributed by atoms with Crippen LogP contribution in [0.1, 0.15) is 24.5 Å². The molecular formula is C10H14N6. The van der Waals surface area contributed by atoms with Gasteiger partial charge < -0.3 is 9.88 Å². The second kappa shape index (κ2) is 4.80. The van der Waals surface area contributed by atoms with Gasteiger partial charge in [0.1, 0.15) is 12.2 Å². The van der Waals surface area contributed by atoms with Crippen LogP contribution in [-0.4, -0.2) is 24.7 Å². The van der Waals surface area contributed by atoms with Gasteiger partial charge in [-0.25, -0.2) is 0 Å².